The summed E-state index contributed by atoms with van der Waals surface area (Å²) in [7, 11) is 4.53. The number of carbonyl (C=O) groups is 2. The summed E-state index contributed by atoms with van der Waals surface area (Å²) < 4.78 is 17.2. The van der Waals surface area contributed by atoms with E-state index in [9.17, 15) is 14.7 Å². The summed E-state index contributed by atoms with van der Waals surface area (Å²) in [6, 6.07) is 15.8. The number of para-hydroxylation sites is 1. The highest BCUT2D eigenvalue weighted by atomic mass is 35.5. The maximum absolute atomic E-state index is 13.5. The van der Waals surface area contributed by atoms with E-state index in [0.717, 1.165) is 4.70 Å². The zero-order chi connectivity index (χ0) is 26.3. The number of hydrogen-bond donors (Lipinski definition) is 1. The van der Waals surface area contributed by atoms with E-state index in [2.05, 4.69) is 4.98 Å². The average molecular weight is 537 g/mol. The molecular formula is C27H21ClN2O6S. The SMILES string of the molecule is COc1ccc2nc(N3C(=O)C(=O)/C(=C(/O)c4ccc(Cl)cc4)[C@@H]3c3cccc(OC)c3OC)sc2c1. The van der Waals surface area contributed by atoms with Gasteiger partial charge in [-0.05, 0) is 48.5 Å². The number of benzene rings is 3. The van der Waals surface area contributed by atoms with Gasteiger partial charge in [-0.2, -0.15) is 0 Å². The van der Waals surface area contributed by atoms with Gasteiger partial charge in [0, 0.05) is 16.1 Å². The topological polar surface area (TPSA) is 98.2 Å². The Hall–Kier alpha value is -4.08. The number of Topliss-reactive ketones (excluding diaryl/α,β-unsaturated/α-hetero) is 1. The zero-order valence-electron chi connectivity index (χ0n) is 20.0. The average Bonchev–Trinajstić information content (AvgIpc) is 3.45. The second-order valence-corrected chi connectivity index (χ2v) is 9.53. The van der Waals surface area contributed by atoms with E-state index in [-0.39, 0.29) is 16.5 Å². The number of hydrogen-bond acceptors (Lipinski definition) is 8. The van der Waals surface area contributed by atoms with Crippen LogP contribution in [-0.2, 0) is 9.59 Å². The first-order chi connectivity index (χ1) is 17.9. The van der Waals surface area contributed by atoms with Crippen molar-refractivity contribution in [2.24, 2.45) is 0 Å². The van der Waals surface area contributed by atoms with Gasteiger partial charge in [-0.25, -0.2) is 4.98 Å². The maximum atomic E-state index is 13.5. The van der Waals surface area contributed by atoms with Crippen molar-refractivity contribution in [1.29, 1.82) is 0 Å². The molecule has 0 saturated carbocycles. The van der Waals surface area contributed by atoms with Gasteiger partial charge in [-0.15, -0.1) is 0 Å². The molecule has 10 heteroatoms. The predicted octanol–water partition coefficient (Wildman–Crippen LogP) is 5.60. The Kier molecular flexibility index (Phi) is 6.49. The number of aliphatic hydroxyl groups excluding tert-OH is 1. The molecule has 0 unspecified atom stereocenters. The fraction of sp³-hybridized carbons (Fsp3) is 0.148. The van der Waals surface area contributed by atoms with Crippen molar-refractivity contribution < 1.29 is 28.9 Å². The summed E-state index contributed by atoms with van der Waals surface area (Å²) in [5.41, 5.74) is 1.32. The number of aliphatic hydroxyl groups is 1. The van der Waals surface area contributed by atoms with Crippen molar-refractivity contribution >= 4 is 55.7 Å². The van der Waals surface area contributed by atoms with Crippen molar-refractivity contribution in [2.45, 2.75) is 6.04 Å². The fourth-order valence-electron chi connectivity index (χ4n) is 4.34. The number of halogens is 1. The molecule has 188 valence electrons. The first-order valence-corrected chi connectivity index (χ1v) is 12.3. The van der Waals surface area contributed by atoms with E-state index in [4.69, 9.17) is 25.8 Å². The van der Waals surface area contributed by atoms with Crippen molar-refractivity contribution in [2.75, 3.05) is 26.2 Å². The van der Waals surface area contributed by atoms with Crippen LogP contribution >= 0.6 is 22.9 Å². The molecule has 0 aliphatic carbocycles. The molecule has 1 aromatic heterocycles. The standard InChI is InChI=1S/C27H21ClN2O6S/c1-34-16-11-12-18-20(13-16)37-27(29-18)30-22(17-5-4-6-19(35-2)25(17)36-3)21(24(32)26(30)33)23(31)14-7-9-15(28)10-8-14/h4-13,22,31H,1-3H3/b23-21+/t22-/m0/s1. The highest BCUT2D eigenvalue weighted by Crippen LogP contribution is 2.48. The Balaban J connectivity index is 1.77. The molecule has 1 aliphatic rings. The number of thiazole rings is 1. The largest absolute Gasteiger partial charge is 0.507 e. The van der Waals surface area contributed by atoms with Gasteiger partial charge < -0.3 is 19.3 Å². The Labute approximate surface area is 221 Å². The number of amides is 1. The summed E-state index contributed by atoms with van der Waals surface area (Å²) in [4.78, 5) is 32.9. The van der Waals surface area contributed by atoms with E-state index in [0.29, 0.717) is 38.9 Å². The highest BCUT2D eigenvalue weighted by molar-refractivity contribution is 7.22. The van der Waals surface area contributed by atoms with Crippen LogP contribution in [0.5, 0.6) is 17.2 Å². The van der Waals surface area contributed by atoms with Gasteiger partial charge in [-0.1, -0.05) is 35.1 Å². The van der Waals surface area contributed by atoms with Crippen LogP contribution in [0.1, 0.15) is 17.2 Å². The molecule has 1 amide bonds. The van der Waals surface area contributed by atoms with Crippen molar-refractivity contribution in [3.05, 3.63) is 82.4 Å². The number of ether oxygens (including phenoxy) is 3. The molecule has 5 rings (SSSR count). The van der Waals surface area contributed by atoms with Gasteiger partial charge in [0.25, 0.3) is 5.78 Å². The highest BCUT2D eigenvalue weighted by Gasteiger charge is 2.49. The molecule has 0 bridgehead atoms. The Bertz CT molecular complexity index is 1560. The van der Waals surface area contributed by atoms with E-state index < -0.39 is 17.7 Å². The van der Waals surface area contributed by atoms with Crippen molar-refractivity contribution in [3.8, 4) is 17.2 Å². The molecule has 1 aliphatic heterocycles. The second-order valence-electron chi connectivity index (χ2n) is 8.09. The number of carbonyl (C=O) groups excluding carboxylic acids is 2. The molecule has 1 fully saturated rings. The van der Waals surface area contributed by atoms with Gasteiger partial charge in [0.2, 0.25) is 0 Å². The van der Waals surface area contributed by atoms with E-state index in [1.807, 2.05) is 6.07 Å². The zero-order valence-corrected chi connectivity index (χ0v) is 21.6. The number of fused-ring (bicyclic) bond motifs is 1. The van der Waals surface area contributed by atoms with Gasteiger partial charge >= 0.3 is 5.91 Å². The van der Waals surface area contributed by atoms with Gasteiger partial charge in [0.1, 0.15) is 17.6 Å². The van der Waals surface area contributed by atoms with Gasteiger partial charge in [0.05, 0.1) is 37.1 Å². The Morgan fingerprint density at radius 3 is 2.43 bits per heavy atom. The third-order valence-corrected chi connectivity index (χ3v) is 7.35. The minimum atomic E-state index is -1.04. The van der Waals surface area contributed by atoms with Crippen molar-refractivity contribution in [1.82, 2.24) is 4.98 Å². The summed E-state index contributed by atoms with van der Waals surface area (Å²) in [5, 5.41) is 12.1. The lowest BCUT2D eigenvalue weighted by atomic mass is 9.94. The van der Waals surface area contributed by atoms with Crippen LogP contribution < -0.4 is 19.1 Å². The number of ketones is 1. The Morgan fingerprint density at radius 1 is 1.00 bits per heavy atom. The smallest absolute Gasteiger partial charge is 0.301 e. The van der Waals surface area contributed by atoms with Crippen LogP contribution in [-0.4, -0.2) is 43.1 Å². The lowest BCUT2D eigenvalue weighted by Gasteiger charge is -2.25. The second kappa shape index (κ2) is 9.76. The van der Waals surface area contributed by atoms with E-state index in [1.165, 1.54) is 30.5 Å². The summed E-state index contributed by atoms with van der Waals surface area (Å²) in [6.45, 7) is 0. The van der Waals surface area contributed by atoms with Crippen LogP contribution in [0, 0.1) is 0 Å². The molecule has 8 nitrogen and oxygen atoms in total. The Morgan fingerprint density at radius 2 is 1.76 bits per heavy atom. The summed E-state index contributed by atoms with van der Waals surface area (Å²) in [6.07, 6.45) is 0. The first-order valence-electron chi connectivity index (χ1n) is 11.1. The van der Waals surface area contributed by atoms with Crippen LogP contribution in [0.2, 0.25) is 5.02 Å². The van der Waals surface area contributed by atoms with Crippen LogP contribution in [0.25, 0.3) is 16.0 Å². The third kappa shape index (κ3) is 4.16. The normalized spacial score (nSPS) is 16.9. The minimum absolute atomic E-state index is 0.101. The van der Waals surface area contributed by atoms with Crippen LogP contribution in [0.4, 0.5) is 5.13 Å². The first kappa shape index (κ1) is 24.6. The lowest BCUT2D eigenvalue weighted by molar-refractivity contribution is -0.132. The molecule has 0 radical (unpaired) electrons. The number of rotatable bonds is 6. The molecule has 4 aromatic rings. The van der Waals surface area contributed by atoms with E-state index in [1.54, 1.807) is 61.7 Å². The van der Waals surface area contributed by atoms with Gasteiger partial charge in [-0.3, -0.25) is 14.5 Å². The number of aromatic nitrogens is 1. The van der Waals surface area contributed by atoms with Crippen LogP contribution in [0.15, 0.2) is 66.2 Å². The van der Waals surface area contributed by atoms with Gasteiger partial charge in [0.15, 0.2) is 16.6 Å². The molecule has 2 heterocycles. The molecule has 3 aromatic carbocycles. The maximum Gasteiger partial charge on any atom is 0.301 e. The number of nitrogens with zero attached hydrogens (tertiary/aromatic N) is 2. The van der Waals surface area contributed by atoms with Crippen LogP contribution in [0.3, 0.4) is 0 Å². The summed E-state index contributed by atoms with van der Waals surface area (Å²) >= 11 is 7.25. The fourth-order valence-corrected chi connectivity index (χ4v) is 5.48. The molecule has 1 saturated heterocycles. The monoisotopic (exact) mass is 536 g/mol. The number of methoxy groups -OCH3 is 3. The molecule has 0 spiro atoms. The molecule has 37 heavy (non-hydrogen) atoms. The quantitative estimate of drug-likeness (QED) is 0.194. The van der Waals surface area contributed by atoms with Crippen molar-refractivity contribution in [3.63, 3.8) is 0 Å². The number of anilines is 1. The van der Waals surface area contributed by atoms with E-state index >= 15 is 0 Å². The molecule has 1 N–H and O–H groups in total. The third-order valence-electron chi connectivity index (χ3n) is 6.08. The molecule has 1 atom stereocenters. The minimum Gasteiger partial charge on any atom is -0.507 e. The summed E-state index contributed by atoms with van der Waals surface area (Å²) in [5.74, 6) is -0.637. The molecular weight excluding hydrogens is 516 g/mol. The lowest BCUT2D eigenvalue weighted by Crippen LogP contribution is -2.29. The predicted molar refractivity (Wildman–Crippen MR) is 142 cm³/mol.